The Morgan fingerprint density at radius 1 is 0.436 bits per heavy atom. The van der Waals surface area contributed by atoms with E-state index in [1.807, 2.05) is 101 Å². The summed E-state index contributed by atoms with van der Waals surface area (Å²) in [6.07, 6.45) is 10.3. The minimum Gasteiger partial charge on any atom is -0.478 e. The molecule has 9 amide bonds. The van der Waals surface area contributed by atoms with Crippen LogP contribution in [-0.4, -0.2) is 146 Å². The lowest BCUT2D eigenvalue weighted by atomic mass is 9.78. The number of anilines is 2. The van der Waals surface area contributed by atoms with Crippen LogP contribution in [0.2, 0.25) is 20.1 Å². The number of nitrogen functional groups attached to an aromatic ring is 2. The second kappa shape index (κ2) is 41.4. The van der Waals surface area contributed by atoms with Crippen LogP contribution in [0.3, 0.4) is 0 Å². The molecule has 0 saturated carbocycles. The van der Waals surface area contributed by atoms with Crippen molar-refractivity contribution in [1.82, 2.24) is 34.9 Å². The van der Waals surface area contributed by atoms with Crippen molar-refractivity contribution in [3.8, 4) is 33.4 Å². The molecular formula is C98H86BBrCl6N10O17. The highest BCUT2D eigenvalue weighted by atomic mass is 79.9. The van der Waals surface area contributed by atoms with Crippen molar-refractivity contribution >= 4 is 225 Å². The van der Waals surface area contributed by atoms with Crippen molar-refractivity contribution in [2.75, 3.05) is 45.0 Å². The average Bonchev–Trinajstić information content (AvgIpc) is 1.60. The van der Waals surface area contributed by atoms with Crippen LogP contribution in [0.15, 0.2) is 217 Å². The van der Waals surface area contributed by atoms with Gasteiger partial charge in [0.25, 0.3) is 47.3 Å². The summed E-state index contributed by atoms with van der Waals surface area (Å²) in [5, 5.41) is 16.8. The first-order valence-corrected chi connectivity index (χ1v) is 44.0. The number of hydrogen-bond donors (Lipinski definition) is 5. The first-order chi connectivity index (χ1) is 62.7. The number of rotatable bonds is 13. The van der Waals surface area contributed by atoms with Crippen LogP contribution in [0, 0.1) is 0 Å². The standard InChI is InChI=1S/C26H19ClN4O4.C19H14ClNO3.C18H13ClN2O3.C16H20BClO3.C9H6BrNO2.C8H8N2O2.CH2Cl2.CH4/c1-31-25(33)19-5-4-15(10-20(19)26(31)34)16-8-17-9-18(35-24(17)21(27)11-16)13-30-23(32)7-3-14-2-6-22(28)29-12-14;1-3-13-7-12-6-11(9-16(20)17(12)24-13)10-4-5-14-15(8-10)19(23)21(2)18(14)22;1-21-17(22)13-3-2-9(6-14(13)18(21)23)10-4-11-5-12(8-20)24-16(11)15(19)7-10;1-6-12-8-10-7-11(9-13(18)14(10)19-12)17-20-15(2,3)16(4,5)21-17;1-11-8(12)6-3-2-5(10)4-7(6)9(11)13;9-7-3-1-6(5-10-7)2-4-8(11)12;2-1-3;/h2-12H,13H2,1H3,(H2,28,29)(H,30,32);4-9H,3H2,1-2H3;2-7H,8,20H2,1H3;7-9H,6H2,1-5H3;2-4H,1H3;1-5H,(H2,9,10)(H,11,12);1H2;1H4/b7-3+;;;;;4-2+;;. The predicted molar refractivity (Wildman–Crippen MR) is 522 cm³/mol. The molecule has 8 aromatic carbocycles. The Hall–Kier alpha value is -13.0. The van der Waals surface area contributed by atoms with Gasteiger partial charge in [-0.1, -0.05) is 108 Å². The van der Waals surface area contributed by atoms with Gasteiger partial charge in [-0.05, 0) is 235 Å². The molecule has 0 radical (unpaired) electrons. The largest absolute Gasteiger partial charge is 0.494 e. The molecule has 8 N–H and O–H groups in total. The summed E-state index contributed by atoms with van der Waals surface area (Å²) in [5.41, 5.74) is 29.0. The first-order valence-electron chi connectivity index (χ1n) is 40.6. The van der Waals surface area contributed by atoms with Crippen LogP contribution >= 0.6 is 85.5 Å². The van der Waals surface area contributed by atoms with Crippen molar-refractivity contribution in [2.45, 2.75) is 86.1 Å². The zero-order chi connectivity index (χ0) is 95.4. The van der Waals surface area contributed by atoms with Gasteiger partial charge in [-0.3, -0.25) is 62.8 Å². The monoisotopic (exact) mass is 1970 g/mol. The number of nitrogens with two attached hydrogens (primary N) is 3. The highest BCUT2D eigenvalue weighted by Crippen LogP contribution is 2.42. The zero-order valence-electron chi connectivity index (χ0n) is 72.3. The number of nitrogens with one attached hydrogen (secondary N) is 1. The second-order valence-electron chi connectivity index (χ2n) is 31.4. The number of carboxylic acids is 1. The van der Waals surface area contributed by atoms with Gasteiger partial charge >= 0.3 is 13.1 Å². The number of aryl methyl sites for hydroxylation is 2. The quantitative estimate of drug-likeness (QED) is 0.0310. The Bertz CT molecular complexity index is 6890. The van der Waals surface area contributed by atoms with E-state index in [1.165, 1.54) is 46.5 Å². The van der Waals surface area contributed by atoms with E-state index in [-0.39, 0.29) is 83.7 Å². The summed E-state index contributed by atoms with van der Waals surface area (Å²) in [5.74, 6) is 0.317. The van der Waals surface area contributed by atoms with Gasteiger partial charge in [0.2, 0.25) is 5.91 Å². The number of carboxylic acid groups (broad SMARTS) is 1. The van der Waals surface area contributed by atoms with E-state index < -0.39 is 13.1 Å². The molecule has 0 aliphatic carbocycles. The molecule has 14 aromatic rings. The van der Waals surface area contributed by atoms with Crippen LogP contribution in [0.5, 0.6) is 0 Å². The number of hydrogen-bond acceptors (Lipinski definition) is 21. The number of pyridine rings is 2. The van der Waals surface area contributed by atoms with Crippen LogP contribution in [-0.2, 0) is 44.8 Å². The van der Waals surface area contributed by atoms with Crippen molar-refractivity contribution in [3.05, 3.63) is 298 Å². The molecule has 1 fully saturated rings. The third-order valence-electron chi connectivity index (χ3n) is 22.2. The molecule has 5 aliphatic rings. The summed E-state index contributed by atoms with van der Waals surface area (Å²) >= 11 is 38.3. The maximum absolute atomic E-state index is 12.4. The van der Waals surface area contributed by atoms with Gasteiger partial charge in [0, 0.05) is 91.6 Å². The fraction of sp³-hybridized carbons (Fsp3) is 0.184. The minimum absolute atomic E-state index is 0. The van der Waals surface area contributed by atoms with Crippen molar-refractivity contribution in [2.24, 2.45) is 5.73 Å². The minimum atomic E-state index is -0.980. The molecule has 0 bridgehead atoms. The van der Waals surface area contributed by atoms with E-state index >= 15 is 0 Å². The van der Waals surface area contributed by atoms with E-state index in [9.17, 15) is 47.9 Å². The molecule has 133 heavy (non-hydrogen) atoms. The fourth-order valence-corrected chi connectivity index (χ4v) is 15.8. The summed E-state index contributed by atoms with van der Waals surface area (Å²) in [4.78, 5) is 130. The number of aliphatic carboxylic acids is 1. The van der Waals surface area contributed by atoms with Crippen molar-refractivity contribution in [1.29, 1.82) is 0 Å². The Kier molecular flexibility index (Phi) is 30.8. The smallest absolute Gasteiger partial charge is 0.478 e. The van der Waals surface area contributed by atoms with Gasteiger partial charge < -0.3 is 54.6 Å². The second-order valence-corrected chi connectivity index (χ2v) is 34.8. The molecule has 6 aromatic heterocycles. The number of benzene rings is 8. The molecule has 35 heteroatoms. The Labute approximate surface area is 801 Å². The third-order valence-corrected chi connectivity index (χ3v) is 23.8. The number of carbonyl (C=O) groups is 10. The molecule has 11 heterocycles. The third kappa shape index (κ3) is 21.5. The van der Waals surface area contributed by atoms with Crippen molar-refractivity contribution in [3.63, 3.8) is 0 Å². The van der Waals surface area contributed by atoms with Crippen molar-refractivity contribution < 1.29 is 80.0 Å². The van der Waals surface area contributed by atoms with E-state index in [1.54, 1.807) is 115 Å². The van der Waals surface area contributed by atoms with Crippen LogP contribution < -0.4 is 28.0 Å². The van der Waals surface area contributed by atoms with E-state index in [4.69, 9.17) is 119 Å². The maximum atomic E-state index is 12.4. The highest BCUT2D eigenvalue weighted by Gasteiger charge is 2.52. The van der Waals surface area contributed by atoms with Crippen LogP contribution in [0.4, 0.5) is 11.6 Å². The molecule has 0 unspecified atom stereocenters. The number of aromatic nitrogens is 2. The SMILES string of the molecule is C.CCc1cc2cc(-c3ccc4c(c3)C(=O)N(C)C4=O)cc(Cl)c2o1.CCc1cc2cc(B3OC(C)(C)C(C)(C)O3)cc(Cl)c2o1.CN1C(=O)c2ccc(-c3cc(Cl)c4oc(CN)cc4c3)cc2C1=O.CN1C(=O)c2ccc(-c3cc(Cl)c4oc(CNC(=O)/C=C/c5ccc(N)nc5)cc4c3)cc2C1=O.CN1C(=O)c2ccc(Br)cc2C1=O.ClCCl.Nc1ccc(/C=C/C(=O)O)cn1. The molecule has 682 valence electrons. The lowest BCUT2D eigenvalue weighted by molar-refractivity contribution is -0.131. The summed E-state index contributed by atoms with van der Waals surface area (Å²) in [6.45, 7) is 12.7. The lowest BCUT2D eigenvalue weighted by Gasteiger charge is -2.32. The summed E-state index contributed by atoms with van der Waals surface area (Å²) in [7, 11) is 5.51. The highest BCUT2D eigenvalue weighted by molar-refractivity contribution is 9.10. The Morgan fingerprint density at radius 2 is 0.759 bits per heavy atom. The number of alkyl halides is 2. The molecular weight excluding hydrogens is 1890 g/mol. The molecule has 19 rings (SSSR count). The fourth-order valence-electron chi connectivity index (χ4n) is 14.4. The molecule has 5 aliphatic heterocycles. The number of furan rings is 4. The number of amides is 9. The molecule has 0 atom stereocenters. The molecule has 1 saturated heterocycles. The molecule has 27 nitrogen and oxygen atoms in total. The summed E-state index contributed by atoms with van der Waals surface area (Å²) in [6, 6.07) is 50.1. The topological polar surface area (TPSA) is 391 Å². The van der Waals surface area contributed by atoms with Gasteiger partial charge in [0.05, 0.1) is 94.2 Å². The van der Waals surface area contributed by atoms with Gasteiger partial charge in [0.1, 0.15) is 34.7 Å². The van der Waals surface area contributed by atoms with E-state index in [2.05, 4.69) is 38.1 Å². The van der Waals surface area contributed by atoms with E-state index in [0.717, 1.165) is 126 Å². The van der Waals surface area contributed by atoms with E-state index in [0.29, 0.717) is 117 Å². The maximum Gasteiger partial charge on any atom is 0.494 e. The summed E-state index contributed by atoms with van der Waals surface area (Å²) < 4.78 is 35.8. The Morgan fingerprint density at radius 3 is 1.12 bits per heavy atom. The van der Waals surface area contributed by atoms with Gasteiger partial charge in [0.15, 0.2) is 22.3 Å². The molecule has 0 spiro atoms. The first kappa shape index (κ1) is 99.0. The number of carbonyl (C=O) groups excluding carboxylic acids is 9. The number of nitrogens with zero attached hydrogens (tertiary/aromatic N) is 6. The number of halogens is 7. The van der Waals surface area contributed by atoms with Gasteiger partial charge in [-0.2, -0.15) is 0 Å². The Balaban J connectivity index is 0.000000147. The van der Waals surface area contributed by atoms with Gasteiger partial charge in [-0.25, -0.2) is 14.8 Å². The zero-order valence-corrected chi connectivity index (χ0v) is 78.4. The number of imide groups is 4. The number of fused-ring (bicyclic) bond motifs is 8. The van der Waals surface area contributed by atoms with Crippen LogP contribution in [0.25, 0.3) is 89.4 Å². The lowest BCUT2D eigenvalue weighted by Crippen LogP contribution is -2.41. The normalized spacial score (nSPS) is 14.2. The van der Waals surface area contributed by atoms with Gasteiger partial charge in [-0.15, -0.1) is 23.2 Å². The van der Waals surface area contributed by atoms with Crippen LogP contribution in [0.1, 0.15) is 166 Å². The predicted octanol–water partition coefficient (Wildman–Crippen LogP) is 20.7. The average molecular weight is 1980 g/mol.